The molecule has 0 N–H and O–H groups in total. The summed E-state index contributed by atoms with van der Waals surface area (Å²) >= 11 is 0. The Balaban J connectivity index is 1.49. The first-order valence-corrected chi connectivity index (χ1v) is 8.12. The zero-order chi connectivity index (χ0) is 15.2. The maximum atomic E-state index is 12.3. The van der Waals surface area contributed by atoms with Gasteiger partial charge in [-0.1, -0.05) is 0 Å². The van der Waals surface area contributed by atoms with Gasteiger partial charge in [0, 0.05) is 12.3 Å². The lowest BCUT2D eigenvalue weighted by atomic mass is 9.80. The van der Waals surface area contributed by atoms with Crippen LogP contribution in [0.1, 0.15) is 26.2 Å². The fourth-order valence-corrected chi connectivity index (χ4v) is 4.24. The van der Waals surface area contributed by atoms with E-state index in [1.807, 2.05) is 0 Å². The molecule has 1 saturated heterocycles. The molecule has 5 nitrogen and oxygen atoms in total. The average Bonchev–Trinajstić information content (AvgIpc) is 3.04. The van der Waals surface area contributed by atoms with E-state index in [0.29, 0.717) is 12.5 Å². The minimum absolute atomic E-state index is 0.0826. The highest BCUT2D eigenvalue weighted by Crippen LogP contribution is 2.57. The molecular formula is C16H26NO4+. The number of hydrogen-bond donors (Lipinski definition) is 0. The Morgan fingerprint density at radius 2 is 2.14 bits per heavy atom. The van der Waals surface area contributed by atoms with Crippen molar-refractivity contribution < 1.29 is 23.5 Å². The lowest BCUT2D eigenvalue weighted by molar-refractivity contribution is -0.888. The summed E-state index contributed by atoms with van der Waals surface area (Å²) in [4.78, 5) is 24.2. The Kier molecular flexibility index (Phi) is 3.72. The number of fused-ring (bicyclic) bond motifs is 1. The van der Waals surface area contributed by atoms with E-state index in [1.54, 1.807) is 0 Å². The van der Waals surface area contributed by atoms with Crippen LogP contribution in [0.25, 0.3) is 0 Å². The zero-order valence-electron chi connectivity index (χ0n) is 13.2. The molecule has 2 bridgehead atoms. The van der Waals surface area contributed by atoms with E-state index < -0.39 is 0 Å². The van der Waals surface area contributed by atoms with Crippen molar-refractivity contribution in [1.82, 2.24) is 0 Å². The second-order valence-corrected chi connectivity index (χ2v) is 7.42. The number of carbonyl (C=O) groups is 2. The van der Waals surface area contributed by atoms with E-state index in [-0.39, 0.29) is 35.8 Å². The molecule has 2 saturated carbocycles. The van der Waals surface area contributed by atoms with Gasteiger partial charge in [0.25, 0.3) is 0 Å². The van der Waals surface area contributed by atoms with E-state index in [1.165, 1.54) is 0 Å². The zero-order valence-corrected chi connectivity index (χ0v) is 13.2. The first kappa shape index (κ1) is 14.8. The molecule has 0 amide bonds. The first-order chi connectivity index (χ1) is 9.93. The molecular weight excluding hydrogens is 270 g/mol. The van der Waals surface area contributed by atoms with Crippen molar-refractivity contribution in [3.05, 3.63) is 0 Å². The molecule has 3 fully saturated rings. The molecule has 3 aliphatic rings. The van der Waals surface area contributed by atoms with Crippen LogP contribution in [0.5, 0.6) is 0 Å². The second-order valence-electron chi connectivity index (χ2n) is 7.42. The van der Waals surface area contributed by atoms with Crippen molar-refractivity contribution in [3.63, 3.8) is 0 Å². The predicted octanol–water partition coefficient (Wildman–Crippen LogP) is 1.21. The number of quaternary nitrogens is 1. The summed E-state index contributed by atoms with van der Waals surface area (Å²) in [5.74, 6) is -0.232. The van der Waals surface area contributed by atoms with Crippen molar-refractivity contribution in [2.45, 2.75) is 32.3 Å². The molecule has 5 atom stereocenters. The molecule has 2 aliphatic carbocycles. The van der Waals surface area contributed by atoms with Gasteiger partial charge >= 0.3 is 11.9 Å². The number of esters is 2. The van der Waals surface area contributed by atoms with Crippen molar-refractivity contribution >= 4 is 11.9 Å². The van der Waals surface area contributed by atoms with E-state index in [0.717, 1.165) is 36.8 Å². The van der Waals surface area contributed by atoms with Crippen LogP contribution in [0.4, 0.5) is 0 Å². The number of hydrogen-bond acceptors (Lipinski definition) is 4. The fourth-order valence-electron chi connectivity index (χ4n) is 4.24. The van der Waals surface area contributed by atoms with Crippen LogP contribution in [0.15, 0.2) is 0 Å². The van der Waals surface area contributed by atoms with E-state index in [9.17, 15) is 9.59 Å². The van der Waals surface area contributed by atoms with Crippen LogP contribution in [0.2, 0.25) is 0 Å². The third-order valence-corrected chi connectivity index (χ3v) is 5.76. The van der Waals surface area contributed by atoms with Crippen molar-refractivity contribution in [2.24, 2.45) is 23.7 Å². The summed E-state index contributed by atoms with van der Waals surface area (Å²) in [5.41, 5.74) is 0. The predicted molar refractivity (Wildman–Crippen MR) is 76.2 cm³/mol. The molecule has 1 aliphatic heterocycles. The molecule has 0 unspecified atom stereocenters. The smallest absolute Gasteiger partial charge is 0.310 e. The summed E-state index contributed by atoms with van der Waals surface area (Å²) in [6.07, 6.45) is 2.76. The lowest BCUT2D eigenvalue weighted by Gasteiger charge is -2.28. The van der Waals surface area contributed by atoms with E-state index in [4.69, 9.17) is 9.47 Å². The van der Waals surface area contributed by atoms with Gasteiger partial charge in [-0.3, -0.25) is 9.59 Å². The van der Waals surface area contributed by atoms with E-state index >= 15 is 0 Å². The fraction of sp³-hybridized carbons (Fsp3) is 0.875. The Bertz CT molecular complexity index is 446. The first-order valence-electron chi connectivity index (χ1n) is 8.12. The molecule has 3 rings (SSSR count). The van der Waals surface area contributed by atoms with Gasteiger partial charge < -0.3 is 14.0 Å². The lowest BCUT2D eigenvalue weighted by Crippen LogP contribution is -2.40. The minimum atomic E-state index is -0.241. The SMILES string of the molecule is CC[N+](C)(C)CCCOC(=O)[C@H]1[C@@H]2C[C@@H]3[C@@H]1C(=O)O[C@@H]3C2. The van der Waals surface area contributed by atoms with Gasteiger partial charge in [-0.15, -0.1) is 0 Å². The van der Waals surface area contributed by atoms with Crippen LogP contribution >= 0.6 is 0 Å². The van der Waals surface area contributed by atoms with Crippen LogP contribution in [-0.4, -0.2) is 56.3 Å². The molecule has 118 valence electrons. The molecule has 5 heteroatoms. The average molecular weight is 296 g/mol. The second kappa shape index (κ2) is 5.27. The van der Waals surface area contributed by atoms with Crippen molar-refractivity contribution in [3.8, 4) is 0 Å². The number of nitrogens with zero attached hydrogens (tertiary/aromatic N) is 1. The van der Waals surface area contributed by atoms with Gasteiger partial charge in [-0.25, -0.2) is 0 Å². The third kappa shape index (κ3) is 2.56. The van der Waals surface area contributed by atoms with Gasteiger partial charge in [-0.05, 0) is 25.7 Å². The summed E-state index contributed by atoms with van der Waals surface area (Å²) in [6, 6.07) is 0. The standard InChI is InChI=1S/C16H26NO4/c1-4-17(2,3)6-5-7-20-15(18)13-10-8-11-12(9-10)21-16(19)14(11)13/h10-14H,4-9H2,1-3H3/q+1/t10-,11+,12-,13+,14+/m1/s1. The Labute approximate surface area is 126 Å². The van der Waals surface area contributed by atoms with E-state index in [2.05, 4.69) is 21.0 Å². The summed E-state index contributed by atoms with van der Waals surface area (Å²) in [5, 5.41) is 0. The number of carbonyl (C=O) groups excluding carboxylic acids is 2. The summed E-state index contributed by atoms with van der Waals surface area (Å²) < 4.78 is 11.7. The van der Waals surface area contributed by atoms with Gasteiger partial charge in [0.15, 0.2) is 0 Å². The Morgan fingerprint density at radius 3 is 2.86 bits per heavy atom. The Hall–Kier alpha value is -1.10. The maximum Gasteiger partial charge on any atom is 0.310 e. The van der Waals surface area contributed by atoms with Gasteiger partial charge in [-0.2, -0.15) is 0 Å². The highest BCUT2D eigenvalue weighted by atomic mass is 16.6. The molecule has 0 aromatic carbocycles. The maximum absolute atomic E-state index is 12.3. The van der Waals surface area contributed by atoms with Crippen LogP contribution < -0.4 is 0 Å². The normalized spacial score (nSPS) is 36.9. The molecule has 1 heterocycles. The van der Waals surface area contributed by atoms with Crippen molar-refractivity contribution in [2.75, 3.05) is 33.8 Å². The minimum Gasteiger partial charge on any atom is -0.465 e. The van der Waals surface area contributed by atoms with Crippen molar-refractivity contribution in [1.29, 1.82) is 0 Å². The van der Waals surface area contributed by atoms with Crippen LogP contribution in [-0.2, 0) is 19.1 Å². The van der Waals surface area contributed by atoms with Gasteiger partial charge in [0.2, 0.25) is 0 Å². The van der Waals surface area contributed by atoms with Gasteiger partial charge in [0.05, 0.1) is 45.6 Å². The molecule has 21 heavy (non-hydrogen) atoms. The number of rotatable bonds is 6. The molecule has 0 aromatic rings. The molecule has 0 spiro atoms. The third-order valence-electron chi connectivity index (χ3n) is 5.76. The van der Waals surface area contributed by atoms with Gasteiger partial charge in [0.1, 0.15) is 6.10 Å². The highest BCUT2D eigenvalue weighted by Gasteiger charge is 2.64. The number of ether oxygens (including phenoxy) is 2. The monoisotopic (exact) mass is 296 g/mol. The molecule has 0 aromatic heterocycles. The summed E-state index contributed by atoms with van der Waals surface area (Å²) in [6.45, 7) is 4.67. The van der Waals surface area contributed by atoms with Crippen LogP contribution in [0, 0.1) is 23.7 Å². The Morgan fingerprint density at radius 1 is 1.38 bits per heavy atom. The summed E-state index contributed by atoms with van der Waals surface area (Å²) in [7, 11) is 4.35. The largest absolute Gasteiger partial charge is 0.465 e. The molecule has 0 radical (unpaired) electrons. The highest BCUT2D eigenvalue weighted by molar-refractivity contribution is 5.85. The topological polar surface area (TPSA) is 52.6 Å². The quantitative estimate of drug-likeness (QED) is 0.420. The van der Waals surface area contributed by atoms with Crippen LogP contribution in [0.3, 0.4) is 0 Å².